The van der Waals surface area contributed by atoms with Crippen molar-refractivity contribution in [1.82, 2.24) is 14.7 Å². The molecule has 1 N–H and O–H groups in total. The molecule has 2 rings (SSSR count). The summed E-state index contributed by atoms with van der Waals surface area (Å²) in [5.74, 6) is 0. The van der Waals surface area contributed by atoms with Gasteiger partial charge in [-0.2, -0.15) is 5.10 Å². The van der Waals surface area contributed by atoms with Crippen LogP contribution in [0, 0.1) is 10.1 Å². The maximum atomic E-state index is 10.6. The molecule has 8 heteroatoms. The third-order valence-corrected chi connectivity index (χ3v) is 3.41. The van der Waals surface area contributed by atoms with Gasteiger partial charge in [0.05, 0.1) is 30.3 Å². The number of hydrogen-bond donors (Lipinski definition) is 1. The average molecular weight is 284 g/mol. The van der Waals surface area contributed by atoms with Gasteiger partial charge >= 0.3 is 5.69 Å². The predicted octanol–water partition coefficient (Wildman–Crippen LogP) is 0.261. The number of β-amino-alcohol motifs (C(OH)–C–C–N with tert-alkyl or cyclic N) is 1. The molecule has 1 aromatic rings. The monoisotopic (exact) mass is 284 g/mol. The molecule has 1 aliphatic heterocycles. The maximum Gasteiger partial charge on any atom is 0.306 e. The highest BCUT2D eigenvalue weighted by atomic mass is 16.6. The number of nitrogens with zero attached hydrogens (tertiary/aromatic N) is 4. The molecule has 0 amide bonds. The molecule has 0 radical (unpaired) electrons. The Bertz CT molecular complexity index is 464. The largest absolute Gasteiger partial charge is 0.390 e. The molecule has 0 saturated carbocycles. The summed E-state index contributed by atoms with van der Waals surface area (Å²) >= 11 is 0. The smallest absolute Gasteiger partial charge is 0.306 e. The molecular weight excluding hydrogens is 264 g/mol. The fourth-order valence-electron chi connectivity index (χ4n) is 2.32. The van der Waals surface area contributed by atoms with Crippen LogP contribution < -0.4 is 0 Å². The Morgan fingerprint density at radius 1 is 1.60 bits per heavy atom. The summed E-state index contributed by atoms with van der Waals surface area (Å²) in [5, 5.41) is 24.5. The zero-order valence-electron chi connectivity index (χ0n) is 11.7. The minimum absolute atomic E-state index is 0.0643. The number of ether oxygens (including phenoxy) is 1. The first-order chi connectivity index (χ1) is 9.45. The Hall–Kier alpha value is -1.51. The highest BCUT2D eigenvalue weighted by Crippen LogP contribution is 2.13. The van der Waals surface area contributed by atoms with E-state index in [1.54, 1.807) is 0 Å². The van der Waals surface area contributed by atoms with Gasteiger partial charge in [0, 0.05) is 19.1 Å². The van der Waals surface area contributed by atoms with Crippen LogP contribution in [0.15, 0.2) is 12.4 Å². The minimum Gasteiger partial charge on any atom is -0.390 e. The van der Waals surface area contributed by atoms with Gasteiger partial charge in [-0.3, -0.25) is 19.7 Å². The topological polar surface area (TPSA) is 93.7 Å². The van der Waals surface area contributed by atoms with Crippen LogP contribution in [0.4, 0.5) is 5.69 Å². The molecule has 1 aromatic heterocycles. The van der Waals surface area contributed by atoms with Crippen molar-refractivity contribution in [2.24, 2.45) is 0 Å². The summed E-state index contributed by atoms with van der Waals surface area (Å²) < 4.78 is 6.93. The number of morpholine rings is 1. The standard InChI is InChI=1S/C12H20N4O4/c1-9-8-20-10(2)4-14(9)6-12(17)7-15-5-11(3-13-15)16(18)19/h3,5,9-10,12,17H,4,6-8H2,1-2H3. The third-order valence-electron chi connectivity index (χ3n) is 3.41. The fraction of sp³-hybridized carbons (Fsp3) is 0.750. The van der Waals surface area contributed by atoms with Crippen LogP contribution in [-0.4, -0.2) is 62.7 Å². The fourth-order valence-corrected chi connectivity index (χ4v) is 2.32. The third kappa shape index (κ3) is 3.75. The maximum absolute atomic E-state index is 10.6. The van der Waals surface area contributed by atoms with Crippen LogP contribution in [0.1, 0.15) is 13.8 Å². The van der Waals surface area contributed by atoms with Gasteiger partial charge in [0.2, 0.25) is 0 Å². The van der Waals surface area contributed by atoms with Crippen molar-refractivity contribution < 1.29 is 14.8 Å². The Kier molecular flexibility index (Phi) is 4.69. The summed E-state index contributed by atoms with van der Waals surface area (Å²) in [5.41, 5.74) is -0.0643. The van der Waals surface area contributed by atoms with Crippen molar-refractivity contribution in [3.05, 3.63) is 22.5 Å². The molecule has 0 bridgehead atoms. The predicted molar refractivity (Wildman–Crippen MR) is 71.3 cm³/mol. The van der Waals surface area contributed by atoms with Gasteiger partial charge in [-0.15, -0.1) is 0 Å². The van der Waals surface area contributed by atoms with Gasteiger partial charge < -0.3 is 9.84 Å². The lowest BCUT2D eigenvalue weighted by molar-refractivity contribution is -0.385. The van der Waals surface area contributed by atoms with Crippen LogP contribution in [0.25, 0.3) is 0 Å². The number of rotatable bonds is 5. The minimum atomic E-state index is -0.623. The van der Waals surface area contributed by atoms with Crippen molar-refractivity contribution in [1.29, 1.82) is 0 Å². The Balaban J connectivity index is 1.87. The van der Waals surface area contributed by atoms with Crippen LogP contribution >= 0.6 is 0 Å². The molecule has 0 aliphatic carbocycles. The van der Waals surface area contributed by atoms with Gasteiger partial charge in [-0.1, -0.05) is 0 Å². The number of nitro groups is 1. The summed E-state index contributed by atoms with van der Waals surface area (Å²) in [6.07, 6.45) is 2.05. The van der Waals surface area contributed by atoms with Gasteiger partial charge in [0.15, 0.2) is 0 Å². The zero-order valence-corrected chi connectivity index (χ0v) is 11.7. The molecule has 8 nitrogen and oxygen atoms in total. The number of aliphatic hydroxyl groups excluding tert-OH is 1. The van der Waals surface area contributed by atoms with Crippen molar-refractivity contribution in [2.45, 2.75) is 38.6 Å². The number of hydrogen-bond acceptors (Lipinski definition) is 6. The van der Waals surface area contributed by atoms with E-state index in [0.29, 0.717) is 13.2 Å². The Morgan fingerprint density at radius 3 is 3.00 bits per heavy atom. The Labute approximate surface area is 117 Å². The molecule has 0 aromatic carbocycles. The average Bonchev–Trinajstić information content (AvgIpc) is 2.82. The van der Waals surface area contributed by atoms with Crippen LogP contribution in [0.3, 0.4) is 0 Å². The van der Waals surface area contributed by atoms with E-state index >= 15 is 0 Å². The lowest BCUT2D eigenvalue weighted by atomic mass is 10.2. The molecule has 1 saturated heterocycles. The summed E-state index contributed by atoms with van der Waals surface area (Å²) in [7, 11) is 0. The molecule has 1 aliphatic rings. The highest BCUT2D eigenvalue weighted by molar-refractivity contribution is 5.20. The number of aliphatic hydroxyl groups is 1. The zero-order chi connectivity index (χ0) is 14.7. The quantitative estimate of drug-likeness (QED) is 0.616. The van der Waals surface area contributed by atoms with E-state index in [1.807, 2.05) is 6.92 Å². The first-order valence-corrected chi connectivity index (χ1v) is 6.66. The Morgan fingerprint density at radius 2 is 2.35 bits per heavy atom. The molecule has 2 heterocycles. The van der Waals surface area contributed by atoms with E-state index in [9.17, 15) is 15.2 Å². The lowest BCUT2D eigenvalue weighted by Gasteiger charge is -2.37. The lowest BCUT2D eigenvalue weighted by Crippen LogP contribution is -2.50. The van der Waals surface area contributed by atoms with Gasteiger partial charge in [-0.25, -0.2) is 0 Å². The molecule has 1 fully saturated rings. The summed E-state index contributed by atoms with van der Waals surface area (Å²) in [6, 6.07) is 0.257. The molecule has 20 heavy (non-hydrogen) atoms. The van der Waals surface area contributed by atoms with Gasteiger partial charge in [-0.05, 0) is 13.8 Å². The van der Waals surface area contributed by atoms with Crippen LogP contribution in [-0.2, 0) is 11.3 Å². The van der Waals surface area contributed by atoms with E-state index in [2.05, 4.69) is 16.9 Å². The van der Waals surface area contributed by atoms with Crippen molar-refractivity contribution in [2.75, 3.05) is 19.7 Å². The van der Waals surface area contributed by atoms with Crippen molar-refractivity contribution in [3.63, 3.8) is 0 Å². The van der Waals surface area contributed by atoms with Crippen LogP contribution in [0.2, 0.25) is 0 Å². The first kappa shape index (κ1) is 14.9. The first-order valence-electron chi connectivity index (χ1n) is 6.66. The van der Waals surface area contributed by atoms with E-state index < -0.39 is 11.0 Å². The van der Waals surface area contributed by atoms with E-state index in [-0.39, 0.29) is 24.4 Å². The van der Waals surface area contributed by atoms with E-state index in [0.717, 1.165) is 6.54 Å². The highest BCUT2D eigenvalue weighted by Gasteiger charge is 2.25. The molecular formula is C12H20N4O4. The SMILES string of the molecule is CC1CN(CC(O)Cn2cc([N+](=O)[O-])cn2)C(C)CO1. The molecule has 3 atom stereocenters. The van der Waals surface area contributed by atoms with Crippen molar-refractivity contribution >= 4 is 5.69 Å². The molecule has 3 unspecified atom stereocenters. The normalized spacial score (nSPS) is 25.6. The van der Waals surface area contributed by atoms with Gasteiger partial charge in [0.25, 0.3) is 0 Å². The van der Waals surface area contributed by atoms with E-state index in [4.69, 9.17) is 4.74 Å². The summed E-state index contributed by atoms with van der Waals surface area (Å²) in [6.45, 7) is 6.23. The molecule has 0 spiro atoms. The second-order valence-electron chi connectivity index (χ2n) is 5.28. The second-order valence-corrected chi connectivity index (χ2v) is 5.28. The van der Waals surface area contributed by atoms with Crippen molar-refractivity contribution in [3.8, 4) is 0 Å². The van der Waals surface area contributed by atoms with Gasteiger partial charge in [0.1, 0.15) is 12.4 Å². The second kappa shape index (κ2) is 6.29. The molecule has 112 valence electrons. The number of aromatic nitrogens is 2. The van der Waals surface area contributed by atoms with Crippen LogP contribution in [0.5, 0.6) is 0 Å². The van der Waals surface area contributed by atoms with E-state index in [1.165, 1.54) is 17.1 Å². The summed E-state index contributed by atoms with van der Waals surface area (Å²) in [4.78, 5) is 12.2.